The molecule has 1 unspecified atom stereocenters. The molecular formula is C12H14I3NO2. The number of nitrogens with two attached hydrogens (primary N) is 1. The van der Waals surface area contributed by atoms with Crippen LogP contribution >= 0.6 is 67.8 Å². The van der Waals surface area contributed by atoms with Crippen LogP contribution < -0.4 is 5.73 Å². The fraction of sp³-hybridized carbons (Fsp3) is 0.417. The molecule has 0 saturated heterocycles. The Balaban J connectivity index is 3.03. The zero-order valence-electron chi connectivity index (χ0n) is 9.84. The number of carbonyl (C=O) groups is 1. The second-order valence-electron chi connectivity index (χ2n) is 4.12. The highest BCUT2D eigenvalue weighted by molar-refractivity contribution is 14.1. The van der Waals surface area contributed by atoms with E-state index in [0.29, 0.717) is 0 Å². The van der Waals surface area contributed by atoms with Gasteiger partial charge in [-0.15, -0.1) is 0 Å². The smallest absolute Gasteiger partial charge is 0.303 e. The van der Waals surface area contributed by atoms with Crippen LogP contribution in [0, 0.1) is 16.6 Å². The minimum Gasteiger partial charge on any atom is -0.481 e. The van der Waals surface area contributed by atoms with Gasteiger partial charge in [0.25, 0.3) is 0 Å². The summed E-state index contributed by atoms with van der Waals surface area (Å²) in [5.74, 6) is -0.561. The Morgan fingerprint density at radius 3 is 2.50 bits per heavy atom. The Bertz CT molecular complexity index is 463. The van der Waals surface area contributed by atoms with Crippen molar-refractivity contribution < 1.29 is 9.90 Å². The lowest BCUT2D eigenvalue weighted by Crippen LogP contribution is -2.12. The molecule has 3 N–H and O–H groups in total. The van der Waals surface area contributed by atoms with Gasteiger partial charge in [0.15, 0.2) is 0 Å². The molecular weight excluding hydrogens is 571 g/mol. The molecule has 0 radical (unpaired) electrons. The van der Waals surface area contributed by atoms with Crippen LogP contribution in [-0.2, 0) is 11.2 Å². The van der Waals surface area contributed by atoms with E-state index in [-0.39, 0.29) is 12.3 Å². The number of carboxylic acid groups (broad SMARTS) is 1. The van der Waals surface area contributed by atoms with Gasteiger partial charge in [0.05, 0.1) is 5.69 Å². The Morgan fingerprint density at radius 1 is 1.39 bits per heavy atom. The first-order valence-electron chi connectivity index (χ1n) is 5.50. The quantitative estimate of drug-likeness (QED) is 0.404. The maximum Gasteiger partial charge on any atom is 0.303 e. The van der Waals surface area contributed by atoms with E-state index in [0.717, 1.165) is 25.7 Å². The molecule has 0 aromatic heterocycles. The van der Waals surface area contributed by atoms with Crippen LogP contribution in [-0.4, -0.2) is 11.1 Å². The second kappa shape index (κ2) is 7.46. The molecule has 18 heavy (non-hydrogen) atoms. The lowest BCUT2D eigenvalue weighted by Gasteiger charge is -2.17. The van der Waals surface area contributed by atoms with E-state index in [1.807, 2.05) is 6.92 Å². The minimum atomic E-state index is -0.731. The summed E-state index contributed by atoms with van der Waals surface area (Å²) >= 11 is 6.78. The van der Waals surface area contributed by atoms with Crippen molar-refractivity contribution >= 4 is 79.4 Å². The number of anilines is 1. The predicted molar refractivity (Wildman–Crippen MR) is 98.7 cm³/mol. The molecule has 3 nitrogen and oxygen atoms in total. The molecule has 0 aliphatic heterocycles. The molecule has 100 valence electrons. The van der Waals surface area contributed by atoms with Gasteiger partial charge in [-0.2, -0.15) is 0 Å². The normalized spacial score (nSPS) is 12.4. The number of carboxylic acids is 1. The maximum absolute atomic E-state index is 10.8. The lowest BCUT2D eigenvalue weighted by atomic mass is 9.94. The predicted octanol–water partition coefficient (Wildman–Crippen LogP) is 4.13. The van der Waals surface area contributed by atoms with Gasteiger partial charge < -0.3 is 10.8 Å². The Morgan fingerprint density at radius 2 is 2.00 bits per heavy atom. The van der Waals surface area contributed by atoms with Gasteiger partial charge in [-0.05, 0) is 91.7 Å². The van der Waals surface area contributed by atoms with Crippen LogP contribution in [0.15, 0.2) is 6.07 Å². The van der Waals surface area contributed by atoms with E-state index in [1.54, 1.807) is 0 Å². The number of halogens is 3. The van der Waals surface area contributed by atoms with Crippen molar-refractivity contribution in [3.05, 3.63) is 22.3 Å². The van der Waals surface area contributed by atoms with E-state index in [4.69, 9.17) is 10.8 Å². The molecule has 6 heteroatoms. The van der Waals surface area contributed by atoms with Crippen LogP contribution in [0.2, 0.25) is 0 Å². The molecule has 0 spiro atoms. The number of nitrogen functional groups attached to an aromatic ring is 1. The van der Waals surface area contributed by atoms with Crippen LogP contribution in [0.3, 0.4) is 0 Å². The summed E-state index contributed by atoms with van der Waals surface area (Å²) in [6.45, 7) is 2.03. The van der Waals surface area contributed by atoms with Crippen molar-refractivity contribution in [3.8, 4) is 0 Å². The Hall–Kier alpha value is 0.680. The Kier molecular flexibility index (Phi) is 6.93. The molecule has 0 amide bonds. The van der Waals surface area contributed by atoms with E-state index >= 15 is 0 Å². The third kappa shape index (κ3) is 4.36. The molecule has 0 saturated carbocycles. The van der Waals surface area contributed by atoms with Crippen molar-refractivity contribution in [3.63, 3.8) is 0 Å². The zero-order valence-corrected chi connectivity index (χ0v) is 16.3. The number of aliphatic carboxylic acids is 1. The third-order valence-corrected chi connectivity index (χ3v) is 5.92. The summed E-state index contributed by atoms with van der Waals surface area (Å²) in [6, 6.07) is 2.06. The molecule has 0 bridgehead atoms. The van der Waals surface area contributed by atoms with Crippen LogP contribution in [0.5, 0.6) is 0 Å². The van der Waals surface area contributed by atoms with Gasteiger partial charge in [-0.1, -0.05) is 13.3 Å². The van der Waals surface area contributed by atoms with Crippen molar-refractivity contribution in [1.29, 1.82) is 0 Å². The third-order valence-electron chi connectivity index (χ3n) is 2.83. The van der Waals surface area contributed by atoms with E-state index in [9.17, 15) is 4.79 Å². The Labute approximate surface area is 148 Å². The summed E-state index contributed by atoms with van der Waals surface area (Å²) in [5, 5.41) is 8.90. The number of rotatable bonds is 5. The molecule has 1 aromatic carbocycles. The number of benzene rings is 1. The summed E-state index contributed by atoms with van der Waals surface area (Å²) in [6.07, 6.45) is 1.86. The molecule has 1 aromatic rings. The molecule has 0 aliphatic carbocycles. The molecule has 0 fully saturated rings. The van der Waals surface area contributed by atoms with Crippen molar-refractivity contribution in [2.75, 3.05) is 5.73 Å². The van der Waals surface area contributed by atoms with Crippen molar-refractivity contribution in [2.24, 2.45) is 5.92 Å². The number of hydrogen-bond acceptors (Lipinski definition) is 2. The monoisotopic (exact) mass is 585 g/mol. The SMILES string of the molecule is CCC(CC(=O)O)Cc1c(I)cc(I)c(N)c1I. The first kappa shape index (κ1) is 16.7. The summed E-state index contributed by atoms with van der Waals surface area (Å²) in [5.41, 5.74) is 8.02. The number of hydrogen-bond donors (Lipinski definition) is 2. The highest BCUT2D eigenvalue weighted by Crippen LogP contribution is 2.32. The van der Waals surface area contributed by atoms with Gasteiger partial charge >= 0.3 is 5.97 Å². The highest BCUT2D eigenvalue weighted by Gasteiger charge is 2.18. The van der Waals surface area contributed by atoms with Gasteiger partial charge in [0, 0.05) is 17.1 Å². The van der Waals surface area contributed by atoms with Gasteiger partial charge in [0.1, 0.15) is 0 Å². The topological polar surface area (TPSA) is 63.3 Å². The molecule has 0 heterocycles. The maximum atomic E-state index is 10.8. The van der Waals surface area contributed by atoms with Crippen molar-refractivity contribution in [2.45, 2.75) is 26.2 Å². The standard InChI is InChI=1S/C12H14I3NO2/c1-2-6(4-10(17)18)3-7-8(13)5-9(14)12(16)11(7)15/h5-6H,2-4,16H2,1H3,(H,17,18). The highest BCUT2D eigenvalue weighted by atomic mass is 127. The zero-order chi connectivity index (χ0) is 13.9. The van der Waals surface area contributed by atoms with E-state index in [1.165, 1.54) is 9.13 Å². The largest absolute Gasteiger partial charge is 0.481 e. The van der Waals surface area contributed by atoms with Crippen LogP contribution in [0.1, 0.15) is 25.3 Å². The second-order valence-corrected chi connectivity index (χ2v) is 7.53. The fourth-order valence-corrected chi connectivity index (χ4v) is 5.54. The molecule has 1 atom stereocenters. The average molecular weight is 585 g/mol. The summed E-state index contributed by atoms with van der Waals surface area (Å²) in [7, 11) is 0. The summed E-state index contributed by atoms with van der Waals surface area (Å²) < 4.78 is 3.28. The van der Waals surface area contributed by atoms with Gasteiger partial charge in [-0.25, -0.2) is 0 Å². The van der Waals surface area contributed by atoms with E-state index in [2.05, 4.69) is 73.8 Å². The van der Waals surface area contributed by atoms with Gasteiger partial charge in [-0.3, -0.25) is 4.79 Å². The molecule has 0 aliphatic rings. The molecule has 1 rings (SSSR count). The first-order chi connectivity index (χ1) is 8.36. The van der Waals surface area contributed by atoms with Crippen LogP contribution in [0.25, 0.3) is 0 Å². The van der Waals surface area contributed by atoms with E-state index < -0.39 is 5.97 Å². The minimum absolute atomic E-state index is 0.170. The van der Waals surface area contributed by atoms with Gasteiger partial charge in [0.2, 0.25) is 0 Å². The first-order valence-corrected chi connectivity index (χ1v) is 8.74. The van der Waals surface area contributed by atoms with Crippen LogP contribution in [0.4, 0.5) is 5.69 Å². The average Bonchev–Trinajstić information content (AvgIpc) is 2.29. The fourth-order valence-electron chi connectivity index (χ4n) is 1.73. The van der Waals surface area contributed by atoms with Crippen molar-refractivity contribution in [1.82, 2.24) is 0 Å². The summed E-state index contributed by atoms with van der Waals surface area (Å²) in [4.78, 5) is 10.8. The lowest BCUT2D eigenvalue weighted by molar-refractivity contribution is -0.138.